The number of urea groups is 1. The Hall–Kier alpha value is -1.14. The number of hydrogen-bond acceptors (Lipinski definition) is 4. The molecule has 0 saturated carbocycles. The fraction of sp³-hybridized carbons (Fsp3) is 0.750. The third-order valence-corrected chi connectivity index (χ3v) is 1.97. The summed E-state index contributed by atoms with van der Waals surface area (Å²) in [6.07, 6.45) is 1.99. The molecule has 1 heterocycles. The predicted octanol–water partition coefficient (Wildman–Crippen LogP) is -1.05. The third-order valence-electron chi connectivity index (χ3n) is 1.97. The number of nitrogens with one attached hydrogen (secondary N) is 2. The highest BCUT2D eigenvalue weighted by Crippen LogP contribution is 2.04. The number of nitrogens with two attached hydrogens (primary N) is 1. The number of carbonyl (C=O) groups is 2. The lowest BCUT2D eigenvalue weighted by Crippen LogP contribution is -2.45. The average molecular weight is 201 g/mol. The Morgan fingerprint density at radius 1 is 1.50 bits per heavy atom. The van der Waals surface area contributed by atoms with E-state index in [9.17, 15) is 9.59 Å². The molecule has 1 fully saturated rings. The molecular formula is C8H15N3O3. The number of carbonyl (C=O) groups excluding carboxylic acids is 2. The van der Waals surface area contributed by atoms with Gasteiger partial charge in [-0.25, -0.2) is 4.79 Å². The Balaban J connectivity index is 2.12. The number of hydrogen-bond donors (Lipinski definition) is 3. The molecule has 80 valence electrons. The van der Waals surface area contributed by atoms with Gasteiger partial charge in [0.25, 0.3) is 0 Å². The zero-order chi connectivity index (χ0) is 10.4. The molecule has 3 amide bonds. The highest BCUT2D eigenvalue weighted by atomic mass is 16.5. The molecule has 0 spiro atoms. The van der Waals surface area contributed by atoms with Gasteiger partial charge in [0.1, 0.15) is 0 Å². The number of imide groups is 1. The largest absolute Gasteiger partial charge is 0.380 e. The highest BCUT2D eigenvalue weighted by Gasteiger charge is 2.14. The predicted molar refractivity (Wildman–Crippen MR) is 49.6 cm³/mol. The number of rotatable bonds is 3. The second-order valence-electron chi connectivity index (χ2n) is 3.21. The summed E-state index contributed by atoms with van der Waals surface area (Å²) in [7, 11) is 0. The lowest BCUT2D eigenvalue weighted by molar-refractivity contribution is -0.119. The van der Waals surface area contributed by atoms with Crippen LogP contribution in [0, 0.1) is 0 Å². The number of amides is 3. The molecule has 0 bridgehead atoms. The summed E-state index contributed by atoms with van der Waals surface area (Å²) in [6, 6.07) is -0.626. The van der Waals surface area contributed by atoms with Crippen molar-refractivity contribution >= 4 is 11.9 Å². The van der Waals surface area contributed by atoms with E-state index in [0.717, 1.165) is 19.4 Å². The number of ether oxygens (including phenoxy) is 1. The first-order valence-electron chi connectivity index (χ1n) is 4.59. The Kier molecular flexibility index (Phi) is 4.34. The molecule has 1 atom stereocenters. The Labute approximate surface area is 82.2 Å². The minimum absolute atomic E-state index is 0.0942. The average Bonchev–Trinajstić information content (AvgIpc) is 2.15. The Bertz CT molecular complexity index is 214. The van der Waals surface area contributed by atoms with Crippen molar-refractivity contribution < 1.29 is 14.3 Å². The summed E-state index contributed by atoms with van der Waals surface area (Å²) in [5, 5.41) is 4.96. The van der Waals surface area contributed by atoms with Crippen molar-refractivity contribution in [1.29, 1.82) is 0 Å². The SMILES string of the molecule is NC(=O)NC(=O)CNC1CCCOC1. The molecule has 0 radical (unpaired) electrons. The topological polar surface area (TPSA) is 93.5 Å². The van der Waals surface area contributed by atoms with Crippen molar-refractivity contribution in [3.05, 3.63) is 0 Å². The maximum atomic E-state index is 11.0. The van der Waals surface area contributed by atoms with Crippen molar-refractivity contribution in [1.82, 2.24) is 10.6 Å². The van der Waals surface area contributed by atoms with Gasteiger partial charge in [0.15, 0.2) is 0 Å². The van der Waals surface area contributed by atoms with Gasteiger partial charge in [0.2, 0.25) is 5.91 Å². The van der Waals surface area contributed by atoms with E-state index in [1.165, 1.54) is 0 Å². The van der Waals surface area contributed by atoms with E-state index < -0.39 is 11.9 Å². The van der Waals surface area contributed by atoms with E-state index >= 15 is 0 Å². The van der Waals surface area contributed by atoms with E-state index in [-0.39, 0.29) is 12.6 Å². The maximum Gasteiger partial charge on any atom is 0.318 e. The molecule has 1 unspecified atom stereocenters. The molecule has 6 heteroatoms. The van der Waals surface area contributed by atoms with Crippen LogP contribution in [0.5, 0.6) is 0 Å². The van der Waals surface area contributed by atoms with Crippen LogP contribution in [-0.4, -0.2) is 37.7 Å². The lowest BCUT2D eigenvalue weighted by Gasteiger charge is -2.22. The second kappa shape index (κ2) is 5.56. The fourth-order valence-corrected chi connectivity index (χ4v) is 1.32. The van der Waals surface area contributed by atoms with Crippen molar-refractivity contribution in [2.24, 2.45) is 5.73 Å². The third kappa shape index (κ3) is 4.20. The molecule has 1 rings (SSSR count). The van der Waals surface area contributed by atoms with Crippen LogP contribution in [0.3, 0.4) is 0 Å². The molecule has 4 N–H and O–H groups in total. The molecule has 0 aromatic carbocycles. The van der Waals surface area contributed by atoms with Crippen molar-refractivity contribution in [2.45, 2.75) is 18.9 Å². The summed E-state index contributed by atoms with van der Waals surface area (Å²) in [4.78, 5) is 21.3. The maximum absolute atomic E-state index is 11.0. The van der Waals surface area contributed by atoms with E-state index in [1.54, 1.807) is 0 Å². The standard InChI is InChI=1S/C8H15N3O3/c9-8(13)11-7(12)4-10-6-2-1-3-14-5-6/h6,10H,1-5H2,(H3,9,11,12,13). The molecule has 1 aliphatic heterocycles. The van der Waals surface area contributed by atoms with Crippen LogP contribution in [0.2, 0.25) is 0 Å². The molecule has 0 aliphatic carbocycles. The number of primary amides is 1. The van der Waals surface area contributed by atoms with Crippen LogP contribution in [0.15, 0.2) is 0 Å². The van der Waals surface area contributed by atoms with Crippen molar-refractivity contribution in [3.63, 3.8) is 0 Å². The van der Waals surface area contributed by atoms with E-state index in [4.69, 9.17) is 10.5 Å². The van der Waals surface area contributed by atoms with Crippen LogP contribution >= 0.6 is 0 Å². The van der Waals surface area contributed by atoms with E-state index in [2.05, 4.69) is 5.32 Å². The normalized spacial score (nSPS) is 21.6. The highest BCUT2D eigenvalue weighted by molar-refractivity contribution is 5.94. The molecule has 6 nitrogen and oxygen atoms in total. The van der Waals surface area contributed by atoms with Crippen LogP contribution < -0.4 is 16.4 Å². The molecule has 14 heavy (non-hydrogen) atoms. The van der Waals surface area contributed by atoms with Crippen molar-refractivity contribution in [3.8, 4) is 0 Å². The van der Waals surface area contributed by atoms with Crippen LogP contribution in [0.25, 0.3) is 0 Å². The zero-order valence-electron chi connectivity index (χ0n) is 7.91. The van der Waals surface area contributed by atoms with E-state index in [0.29, 0.717) is 6.61 Å². The van der Waals surface area contributed by atoms with Gasteiger partial charge in [-0.1, -0.05) is 0 Å². The summed E-state index contributed by atoms with van der Waals surface area (Å²) in [5.41, 5.74) is 4.78. The monoisotopic (exact) mass is 201 g/mol. The van der Waals surface area contributed by atoms with Crippen LogP contribution in [-0.2, 0) is 9.53 Å². The molecular weight excluding hydrogens is 186 g/mol. The van der Waals surface area contributed by atoms with Gasteiger partial charge in [-0.15, -0.1) is 0 Å². The molecule has 1 aliphatic rings. The molecule has 0 aromatic rings. The smallest absolute Gasteiger partial charge is 0.318 e. The van der Waals surface area contributed by atoms with Crippen LogP contribution in [0.1, 0.15) is 12.8 Å². The second-order valence-corrected chi connectivity index (χ2v) is 3.21. The van der Waals surface area contributed by atoms with Gasteiger partial charge in [-0.3, -0.25) is 10.1 Å². The first-order chi connectivity index (χ1) is 6.68. The fourth-order valence-electron chi connectivity index (χ4n) is 1.32. The first kappa shape index (κ1) is 10.9. The van der Waals surface area contributed by atoms with Crippen LogP contribution in [0.4, 0.5) is 4.79 Å². The van der Waals surface area contributed by atoms with Gasteiger partial charge in [0, 0.05) is 12.6 Å². The van der Waals surface area contributed by atoms with Gasteiger partial charge in [-0.2, -0.15) is 0 Å². The quantitative estimate of drug-likeness (QED) is 0.543. The van der Waals surface area contributed by atoms with Gasteiger partial charge in [0.05, 0.1) is 13.2 Å². The molecule has 0 aromatic heterocycles. The van der Waals surface area contributed by atoms with Gasteiger partial charge >= 0.3 is 6.03 Å². The summed E-state index contributed by atoms with van der Waals surface area (Å²) >= 11 is 0. The van der Waals surface area contributed by atoms with Gasteiger partial charge < -0.3 is 15.8 Å². The zero-order valence-corrected chi connectivity index (χ0v) is 7.91. The van der Waals surface area contributed by atoms with Gasteiger partial charge in [-0.05, 0) is 12.8 Å². The Morgan fingerprint density at radius 2 is 2.29 bits per heavy atom. The summed E-state index contributed by atoms with van der Waals surface area (Å²) in [5.74, 6) is -0.414. The minimum Gasteiger partial charge on any atom is -0.380 e. The lowest BCUT2D eigenvalue weighted by atomic mass is 10.1. The van der Waals surface area contributed by atoms with E-state index in [1.807, 2.05) is 5.32 Å². The Morgan fingerprint density at radius 3 is 2.86 bits per heavy atom. The summed E-state index contributed by atoms with van der Waals surface area (Å²) < 4.78 is 5.21. The summed E-state index contributed by atoms with van der Waals surface area (Å²) in [6.45, 7) is 1.49. The minimum atomic E-state index is -0.823. The van der Waals surface area contributed by atoms with Crippen molar-refractivity contribution in [2.75, 3.05) is 19.8 Å². The first-order valence-corrected chi connectivity index (χ1v) is 4.59. The molecule has 1 saturated heterocycles.